The SMILES string of the molecule is COCCOC(=O)C1C(C)=Nc2ncnn2C1c1ccccc1. The number of benzene rings is 1. The predicted molar refractivity (Wildman–Crippen MR) is 83.7 cm³/mol. The van der Waals surface area contributed by atoms with E-state index >= 15 is 0 Å². The Morgan fingerprint density at radius 1 is 1.26 bits per heavy atom. The molecule has 0 radical (unpaired) electrons. The molecule has 0 saturated heterocycles. The molecule has 0 fully saturated rings. The number of fused-ring (bicyclic) bond motifs is 1. The van der Waals surface area contributed by atoms with E-state index in [9.17, 15) is 4.79 Å². The van der Waals surface area contributed by atoms with Crippen molar-refractivity contribution in [3.63, 3.8) is 0 Å². The van der Waals surface area contributed by atoms with E-state index in [1.54, 1.807) is 11.8 Å². The number of esters is 1. The van der Waals surface area contributed by atoms with Crippen molar-refractivity contribution in [3.05, 3.63) is 42.2 Å². The Balaban J connectivity index is 1.97. The average Bonchev–Trinajstić information content (AvgIpc) is 3.02. The molecule has 1 aliphatic heterocycles. The molecule has 2 heterocycles. The highest BCUT2D eigenvalue weighted by atomic mass is 16.6. The topological polar surface area (TPSA) is 78.6 Å². The van der Waals surface area contributed by atoms with Crippen LogP contribution in [-0.4, -0.2) is 46.8 Å². The zero-order valence-corrected chi connectivity index (χ0v) is 13.0. The lowest BCUT2D eigenvalue weighted by Gasteiger charge is -2.29. The van der Waals surface area contributed by atoms with Crippen molar-refractivity contribution in [1.29, 1.82) is 0 Å². The lowest BCUT2D eigenvalue weighted by atomic mass is 9.88. The number of methoxy groups -OCH3 is 1. The van der Waals surface area contributed by atoms with Gasteiger partial charge in [-0.1, -0.05) is 30.3 Å². The van der Waals surface area contributed by atoms with Crippen LogP contribution in [0.5, 0.6) is 0 Å². The molecule has 2 unspecified atom stereocenters. The van der Waals surface area contributed by atoms with Crippen LogP contribution in [0, 0.1) is 5.92 Å². The Kier molecular flexibility index (Phi) is 4.47. The highest BCUT2D eigenvalue weighted by molar-refractivity contribution is 6.03. The summed E-state index contributed by atoms with van der Waals surface area (Å²) in [5.74, 6) is -0.376. The number of ether oxygens (including phenoxy) is 2. The van der Waals surface area contributed by atoms with Gasteiger partial charge >= 0.3 is 5.97 Å². The third kappa shape index (κ3) is 3.00. The second-order valence-corrected chi connectivity index (χ2v) is 5.25. The largest absolute Gasteiger partial charge is 0.463 e. The molecule has 1 aromatic carbocycles. The molecular formula is C16H18N4O3. The molecule has 7 nitrogen and oxygen atoms in total. The molecule has 1 aliphatic rings. The Hall–Kier alpha value is -2.54. The van der Waals surface area contributed by atoms with Crippen LogP contribution in [0.15, 0.2) is 41.7 Å². The van der Waals surface area contributed by atoms with E-state index in [2.05, 4.69) is 15.1 Å². The van der Waals surface area contributed by atoms with Crippen LogP contribution in [0.2, 0.25) is 0 Å². The summed E-state index contributed by atoms with van der Waals surface area (Å²) in [6.07, 6.45) is 1.45. The number of nitrogens with zero attached hydrogens (tertiary/aromatic N) is 4. The molecule has 0 bridgehead atoms. The van der Waals surface area contributed by atoms with Gasteiger partial charge in [0, 0.05) is 12.8 Å². The summed E-state index contributed by atoms with van der Waals surface area (Å²) in [4.78, 5) is 21.1. The first-order valence-corrected chi connectivity index (χ1v) is 7.37. The van der Waals surface area contributed by atoms with Crippen molar-refractivity contribution in [1.82, 2.24) is 14.8 Å². The summed E-state index contributed by atoms with van der Waals surface area (Å²) in [5, 5.41) is 4.24. The second kappa shape index (κ2) is 6.70. The van der Waals surface area contributed by atoms with Gasteiger partial charge in [0.1, 0.15) is 18.9 Å². The first-order chi connectivity index (χ1) is 11.2. The Bertz CT molecular complexity index is 711. The van der Waals surface area contributed by atoms with E-state index in [0.29, 0.717) is 18.3 Å². The molecule has 0 saturated carbocycles. The molecule has 0 spiro atoms. The van der Waals surface area contributed by atoms with Gasteiger partial charge in [0.05, 0.1) is 12.6 Å². The van der Waals surface area contributed by atoms with Crippen molar-refractivity contribution in [2.75, 3.05) is 20.3 Å². The van der Waals surface area contributed by atoms with E-state index < -0.39 is 5.92 Å². The van der Waals surface area contributed by atoms with Crippen LogP contribution < -0.4 is 0 Å². The van der Waals surface area contributed by atoms with Crippen LogP contribution in [0.3, 0.4) is 0 Å². The van der Waals surface area contributed by atoms with Crippen molar-refractivity contribution in [2.24, 2.45) is 10.9 Å². The normalized spacial score (nSPS) is 19.8. The summed E-state index contributed by atoms with van der Waals surface area (Å²) in [6, 6.07) is 9.40. The van der Waals surface area contributed by atoms with Crippen molar-refractivity contribution in [3.8, 4) is 0 Å². The third-order valence-electron chi connectivity index (χ3n) is 3.79. The Labute approximate surface area is 134 Å². The van der Waals surface area contributed by atoms with E-state index in [1.807, 2.05) is 37.3 Å². The van der Waals surface area contributed by atoms with E-state index in [4.69, 9.17) is 9.47 Å². The van der Waals surface area contributed by atoms with Crippen LogP contribution >= 0.6 is 0 Å². The maximum absolute atomic E-state index is 12.6. The Morgan fingerprint density at radius 2 is 2.04 bits per heavy atom. The van der Waals surface area contributed by atoms with Crippen molar-refractivity contribution in [2.45, 2.75) is 13.0 Å². The maximum Gasteiger partial charge on any atom is 0.317 e. The van der Waals surface area contributed by atoms with Gasteiger partial charge in [-0.3, -0.25) is 4.79 Å². The summed E-state index contributed by atoms with van der Waals surface area (Å²) in [5.41, 5.74) is 1.63. The quantitative estimate of drug-likeness (QED) is 0.621. The molecule has 0 aliphatic carbocycles. The molecule has 120 valence electrons. The molecule has 2 aromatic rings. The zero-order chi connectivity index (χ0) is 16.2. The number of rotatable bonds is 5. The molecule has 3 rings (SSSR count). The van der Waals surface area contributed by atoms with Gasteiger partial charge in [-0.25, -0.2) is 9.67 Å². The number of carbonyl (C=O) groups is 1. The standard InChI is InChI=1S/C16H18N4O3/c1-11-13(15(21)23-9-8-22-2)14(12-6-4-3-5-7-12)20-16(19-11)17-10-18-20/h3-7,10,13-14H,8-9H2,1-2H3. The first-order valence-electron chi connectivity index (χ1n) is 7.37. The summed E-state index contributed by atoms with van der Waals surface area (Å²) in [6.45, 7) is 2.39. The van der Waals surface area contributed by atoms with Gasteiger partial charge < -0.3 is 9.47 Å². The average molecular weight is 314 g/mol. The number of hydrogen-bond acceptors (Lipinski definition) is 6. The number of carbonyl (C=O) groups excluding carboxylic acids is 1. The highest BCUT2D eigenvalue weighted by Gasteiger charge is 2.39. The van der Waals surface area contributed by atoms with Crippen LogP contribution in [0.4, 0.5) is 5.95 Å². The molecule has 23 heavy (non-hydrogen) atoms. The molecule has 2 atom stereocenters. The molecule has 0 amide bonds. The monoisotopic (exact) mass is 314 g/mol. The number of aliphatic imine (C=N–C) groups is 1. The van der Waals surface area contributed by atoms with Crippen LogP contribution in [0.1, 0.15) is 18.5 Å². The number of hydrogen-bond donors (Lipinski definition) is 0. The fourth-order valence-corrected chi connectivity index (χ4v) is 2.72. The highest BCUT2D eigenvalue weighted by Crippen LogP contribution is 2.35. The van der Waals surface area contributed by atoms with Gasteiger partial charge in [0.2, 0.25) is 5.95 Å². The molecular weight excluding hydrogens is 296 g/mol. The fourth-order valence-electron chi connectivity index (χ4n) is 2.72. The van der Waals surface area contributed by atoms with Gasteiger partial charge in [-0.05, 0) is 12.5 Å². The van der Waals surface area contributed by atoms with Crippen LogP contribution in [-0.2, 0) is 14.3 Å². The fraction of sp³-hybridized carbons (Fsp3) is 0.375. The molecule has 0 N–H and O–H groups in total. The summed E-state index contributed by atoms with van der Waals surface area (Å²) < 4.78 is 11.9. The van der Waals surface area contributed by atoms with Crippen molar-refractivity contribution >= 4 is 17.6 Å². The van der Waals surface area contributed by atoms with E-state index in [0.717, 1.165) is 5.56 Å². The molecule has 1 aromatic heterocycles. The molecule has 7 heteroatoms. The van der Waals surface area contributed by atoms with E-state index in [1.165, 1.54) is 6.33 Å². The summed E-state index contributed by atoms with van der Waals surface area (Å²) >= 11 is 0. The first kappa shape index (κ1) is 15.4. The third-order valence-corrected chi connectivity index (χ3v) is 3.79. The summed E-state index contributed by atoms with van der Waals surface area (Å²) in [7, 11) is 1.57. The smallest absolute Gasteiger partial charge is 0.317 e. The van der Waals surface area contributed by atoms with Crippen molar-refractivity contribution < 1.29 is 14.3 Å². The lowest BCUT2D eigenvalue weighted by Crippen LogP contribution is -2.37. The second-order valence-electron chi connectivity index (χ2n) is 5.25. The van der Waals surface area contributed by atoms with Gasteiger partial charge in [0.25, 0.3) is 0 Å². The lowest BCUT2D eigenvalue weighted by molar-refractivity contribution is -0.148. The van der Waals surface area contributed by atoms with Gasteiger partial charge in [-0.15, -0.1) is 0 Å². The predicted octanol–water partition coefficient (Wildman–Crippen LogP) is 1.78. The van der Waals surface area contributed by atoms with E-state index in [-0.39, 0.29) is 18.6 Å². The maximum atomic E-state index is 12.6. The van der Waals surface area contributed by atoms with Gasteiger partial charge in [0.15, 0.2) is 0 Å². The van der Waals surface area contributed by atoms with Crippen LogP contribution in [0.25, 0.3) is 0 Å². The Morgan fingerprint density at radius 3 is 2.78 bits per heavy atom. The minimum atomic E-state index is -0.538. The minimum Gasteiger partial charge on any atom is -0.463 e. The number of aromatic nitrogens is 3. The minimum absolute atomic E-state index is 0.213. The van der Waals surface area contributed by atoms with Gasteiger partial charge in [-0.2, -0.15) is 10.1 Å². The zero-order valence-electron chi connectivity index (χ0n) is 13.0.